The van der Waals surface area contributed by atoms with Crippen molar-refractivity contribution < 1.29 is 8.83 Å². The number of para-hydroxylation sites is 3. The Kier molecular flexibility index (Phi) is 3.99. The van der Waals surface area contributed by atoms with Crippen LogP contribution < -0.4 is 0 Å². The summed E-state index contributed by atoms with van der Waals surface area (Å²) >= 11 is 0. The summed E-state index contributed by atoms with van der Waals surface area (Å²) in [5.74, 6) is 0.603. The molecule has 0 aliphatic rings. The molecule has 5 nitrogen and oxygen atoms in total. The molecule has 0 N–H and O–H groups in total. The van der Waals surface area contributed by atoms with Gasteiger partial charge in [-0.25, -0.2) is 9.97 Å². The molecule has 0 atom stereocenters. The summed E-state index contributed by atoms with van der Waals surface area (Å²) in [4.78, 5) is 10.3. The number of nitrogens with zero attached hydrogens (tertiary/aromatic N) is 3. The summed E-state index contributed by atoms with van der Waals surface area (Å²) in [5.41, 5.74) is 7.49. The van der Waals surface area contributed by atoms with Crippen molar-refractivity contribution in [3.05, 3.63) is 115 Å². The minimum atomic E-state index is 0.603. The van der Waals surface area contributed by atoms with Crippen LogP contribution in [0.15, 0.2) is 124 Å². The van der Waals surface area contributed by atoms with Crippen LogP contribution in [0, 0.1) is 0 Å². The Hall–Kier alpha value is -5.42. The Morgan fingerprint density at radius 3 is 1.85 bits per heavy atom. The molecular weight excluding hydrogens is 482 g/mol. The minimum absolute atomic E-state index is 0.603. The van der Waals surface area contributed by atoms with E-state index < -0.39 is 0 Å². The van der Waals surface area contributed by atoms with E-state index in [2.05, 4.69) is 83.4 Å². The average molecular weight is 502 g/mol. The van der Waals surface area contributed by atoms with Crippen molar-refractivity contribution in [3.63, 3.8) is 0 Å². The molecule has 4 aromatic heterocycles. The molecule has 39 heavy (non-hydrogen) atoms. The molecule has 0 fully saturated rings. The SMILES string of the molecule is c1ccc(-c2nc(-n3c4ccccc4c4ccccc43)nc3c2oc2c3ccc3c4ccccc4oc32)cc1. The smallest absolute Gasteiger partial charge is 0.236 e. The molecule has 0 aliphatic heterocycles. The van der Waals surface area contributed by atoms with Crippen molar-refractivity contribution in [1.82, 2.24) is 14.5 Å². The van der Waals surface area contributed by atoms with E-state index in [1.807, 2.05) is 36.4 Å². The van der Waals surface area contributed by atoms with Gasteiger partial charge >= 0.3 is 0 Å². The van der Waals surface area contributed by atoms with Gasteiger partial charge in [0.05, 0.1) is 16.4 Å². The number of benzene rings is 5. The molecular formula is C34H19N3O2. The van der Waals surface area contributed by atoms with Crippen LogP contribution in [0.25, 0.3) is 83.0 Å². The van der Waals surface area contributed by atoms with Crippen molar-refractivity contribution >= 4 is 65.8 Å². The summed E-state index contributed by atoms with van der Waals surface area (Å²) in [7, 11) is 0. The number of fused-ring (bicyclic) bond motifs is 10. The lowest BCUT2D eigenvalue weighted by atomic mass is 10.1. The lowest BCUT2D eigenvalue weighted by Gasteiger charge is -2.09. The molecule has 9 rings (SSSR count). The molecule has 0 unspecified atom stereocenters. The van der Waals surface area contributed by atoms with Gasteiger partial charge < -0.3 is 8.83 Å². The highest BCUT2D eigenvalue weighted by Crippen LogP contribution is 2.41. The third-order valence-corrected chi connectivity index (χ3v) is 7.64. The molecule has 0 bridgehead atoms. The number of aromatic nitrogens is 3. The maximum atomic E-state index is 6.60. The fraction of sp³-hybridized carbons (Fsp3) is 0. The third-order valence-electron chi connectivity index (χ3n) is 7.64. The normalized spacial score (nSPS) is 12.1. The highest BCUT2D eigenvalue weighted by Gasteiger charge is 2.23. The number of hydrogen-bond acceptors (Lipinski definition) is 4. The molecule has 0 aliphatic carbocycles. The molecule has 9 aromatic rings. The van der Waals surface area contributed by atoms with E-state index in [9.17, 15) is 0 Å². The van der Waals surface area contributed by atoms with Gasteiger partial charge in [-0.1, -0.05) is 84.9 Å². The largest absolute Gasteiger partial charge is 0.452 e. The monoisotopic (exact) mass is 501 g/mol. The zero-order chi connectivity index (χ0) is 25.5. The Morgan fingerprint density at radius 2 is 1.08 bits per heavy atom. The van der Waals surface area contributed by atoms with E-state index in [0.29, 0.717) is 17.1 Å². The Morgan fingerprint density at radius 1 is 0.462 bits per heavy atom. The van der Waals surface area contributed by atoms with Gasteiger partial charge in [-0.15, -0.1) is 0 Å². The maximum absolute atomic E-state index is 6.60. The summed E-state index contributed by atoms with van der Waals surface area (Å²) in [6.45, 7) is 0. The summed E-state index contributed by atoms with van der Waals surface area (Å²) < 4.78 is 15.1. The van der Waals surface area contributed by atoms with Gasteiger partial charge in [0.15, 0.2) is 16.7 Å². The van der Waals surface area contributed by atoms with E-state index in [0.717, 1.165) is 55.1 Å². The van der Waals surface area contributed by atoms with E-state index >= 15 is 0 Å². The van der Waals surface area contributed by atoms with E-state index in [-0.39, 0.29) is 0 Å². The molecule has 0 spiro atoms. The van der Waals surface area contributed by atoms with Crippen LogP contribution in [0.5, 0.6) is 0 Å². The topological polar surface area (TPSA) is 57.0 Å². The zero-order valence-corrected chi connectivity index (χ0v) is 20.6. The number of rotatable bonds is 2. The van der Waals surface area contributed by atoms with Gasteiger partial charge in [0.2, 0.25) is 5.95 Å². The van der Waals surface area contributed by atoms with Gasteiger partial charge in [-0.05, 0) is 30.3 Å². The predicted molar refractivity (Wildman–Crippen MR) is 156 cm³/mol. The van der Waals surface area contributed by atoms with Gasteiger partial charge in [0.25, 0.3) is 0 Å². The first-order valence-electron chi connectivity index (χ1n) is 12.9. The Balaban J connectivity index is 1.45. The molecule has 0 saturated carbocycles. The highest BCUT2D eigenvalue weighted by molar-refractivity contribution is 6.19. The molecule has 5 aromatic carbocycles. The molecule has 5 heteroatoms. The second-order valence-electron chi connectivity index (χ2n) is 9.80. The first-order valence-corrected chi connectivity index (χ1v) is 12.9. The quantitative estimate of drug-likeness (QED) is 0.237. The summed E-state index contributed by atoms with van der Waals surface area (Å²) in [6, 6.07) is 39.2. The van der Waals surface area contributed by atoms with Crippen LogP contribution in [0.3, 0.4) is 0 Å². The molecule has 4 heterocycles. The van der Waals surface area contributed by atoms with Crippen LogP contribution in [0.1, 0.15) is 0 Å². The van der Waals surface area contributed by atoms with E-state index in [4.69, 9.17) is 18.8 Å². The van der Waals surface area contributed by atoms with Gasteiger partial charge in [0.1, 0.15) is 16.8 Å². The van der Waals surface area contributed by atoms with Crippen LogP contribution in [0.2, 0.25) is 0 Å². The predicted octanol–water partition coefficient (Wildman–Crippen LogP) is 9.04. The van der Waals surface area contributed by atoms with Gasteiger partial charge in [-0.3, -0.25) is 4.57 Å². The van der Waals surface area contributed by atoms with Crippen molar-refractivity contribution in [2.45, 2.75) is 0 Å². The minimum Gasteiger partial charge on any atom is -0.452 e. The zero-order valence-electron chi connectivity index (χ0n) is 20.6. The van der Waals surface area contributed by atoms with Gasteiger partial charge in [0, 0.05) is 27.1 Å². The van der Waals surface area contributed by atoms with Gasteiger partial charge in [-0.2, -0.15) is 0 Å². The van der Waals surface area contributed by atoms with Crippen LogP contribution >= 0.6 is 0 Å². The number of hydrogen-bond donors (Lipinski definition) is 0. The molecule has 0 radical (unpaired) electrons. The van der Waals surface area contributed by atoms with Crippen LogP contribution in [-0.4, -0.2) is 14.5 Å². The first kappa shape index (κ1) is 20.6. The van der Waals surface area contributed by atoms with Crippen molar-refractivity contribution in [3.8, 4) is 17.2 Å². The second-order valence-corrected chi connectivity index (χ2v) is 9.80. The lowest BCUT2D eigenvalue weighted by Crippen LogP contribution is -2.02. The molecule has 0 saturated heterocycles. The van der Waals surface area contributed by atoms with Crippen molar-refractivity contribution in [2.75, 3.05) is 0 Å². The Bertz CT molecular complexity index is 2340. The average Bonchev–Trinajstić information content (AvgIpc) is 3.67. The summed E-state index contributed by atoms with van der Waals surface area (Å²) in [5, 5.41) is 5.32. The molecule has 0 amide bonds. The number of furan rings is 2. The van der Waals surface area contributed by atoms with Crippen LogP contribution in [-0.2, 0) is 0 Å². The fourth-order valence-electron chi connectivity index (χ4n) is 5.90. The van der Waals surface area contributed by atoms with Crippen LogP contribution in [0.4, 0.5) is 0 Å². The second kappa shape index (κ2) is 7.55. The lowest BCUT2D eigenvalue weighted by molar-refractivity contribution is 0.632. The fourth-order valence-corrected chi connectivity index (χ4v) is 5.90. The molecule has 182 valence electrons. The van der Waals surface area contributed by atoms with E-state index in [1.165, 1.54) is 10.8 Å². The van der Waals surface area contributed by atoms with E-state index in [1.54, 1.807) is 0 Å². The van der Waals surface area contributed by atoms with Crippen molar-refractivity contribution in [1.29, 1.82) is 0 Å². The van der Waals surface area contributed by atoms with Crippen molar-refractivity contribution in [2.24, 2.45) is 0 Å². The first-order chi connectivity index (χ1) is 19.3. The highest BCUT2D eigenvalue weighted by atomic mass is 16.4. The summed E-state index contributed by atoms with van der Waals surface area (Å²) in [6.07, 6.45) is 0. The Labute approximate surface area is 221 Å². The third kappa shape index (κ3) is 2.79. The standard InChI is InChI=1S/C34H19N3O2/c1-2-10-20(11-3-1)29-33-30(25-19-18-24-23-14-6-9-17-28(23)38-31(24)32(25)39-33)36-34(35-29)37-26-15-7-4-12-21(26)22-13-5-8-16-27(22)37/h1-19H. The maximum Gasteiger partial charge on any atom is 0.236 e.